The highest BCUT2D eigenvalue weighted by Crippen LogP contribution is 2.26. The molecule has 1 aliphatic rings. The minimum absolute atomic E-state index is 0.665. The van der Waals surface area contributed by atoms with Crippen LogP contribution in [0, 0.1) is 11.3 Å². The van der Waals surface area contributed by atoms with E-state index in [2.05, 4.69) is 17.5 Å². The molecule has 2 rings (SSSR count). The van der Waals surface area contributed by atoms with E-state index in [-0.39, 0.29) is 0 Å². The van der Waals surface area contributed by atoms with Gasteiger partial charge in [0.15, 0.2) is 0 Å². The number of rotatable bonds is 1. The van der Waals surface area contributed by atoms with Crippen LogP contribution < -0.4 is 11.1 Å². The van der Waals surface area contributed by atoms with Crippen molar-refractivity contribution in [2.75, 3.05) is 18.8 Å². The van der Waals surface area contributed by atoms with Crippen molar-refractivity contribution in [3.05, 3.63) is 35.4 Å². The molecule has 0 spiro atoms. The molecule has 0 amide bonds. The monoisotopic (exact) mass is 199 g/mol. The van der Waals surface area contributed by atoms with Crippen LogP contribution in [0.3, 0.4) is 0 Å². The quantitative estimate of drug-likeness (QED) is 0.674. The van der Waals surface area contributed by atoms with Crippen LogP contribution in [0.1, 0.15) is 17.5 Å². The molecular weight excluding hydrogens is 186 g/mol. The Hall–Kier alpha value is -1.79. The molecule has 0 aliphatic carbocycles. The molecule has 0 saturated heterocycles. The number of nitriles is 1. The van der Waals surface area contributed by atoms with E-state index in [1.807, 2.05) is 6.07 Å². The van der Waals surface area contributed by atoms with E-state index in [4.69, 9.17) is 11.0 Å². The van der Waals surface area contributed by atoms with Crippen LogP contribution >= 0.6 is 0 Å². The molecule has 0 bridgehead atoms. The van der Waals surface area contributed by atoms with Gasteiger partial charge in [-0.2, -0.15) is 5.26 Å². The van der Waals surface area contributed by atoms with Crippen LogP contribution in [-0.4, -0.2) is 13.1 Å². The summed E-state index contributed by atoms with van der Waals surface area (Å²) in [5.41, 5.74) is 9.57. The fourth-order valence-electron chi connectivity index (χ4n) is 1.77. The highest BCUT2D eigenvalue weighted by molar-refractivity contribution is 5.76. The van der Waals surface area contributed by atoms with Crippen molar-refractivity contribution in [3.8, 4) is 6.07 Å². The Bertz CT molecular complexity index is 441. The van der Waals surface area contributed by atoms with Crippen LogP contribution in [0.2, 0.25) is 0 Å². The molecule has 3 heteroatoms. The molecule has 0 aromatic heterocycles. The van der Waals surface area contributed by atoms with Crippen LogP contribution in [-0.2, 0) is 0 Å². The molecule has 0 unspecified atom stereocenters. The van der Waals surface area contributed by atoms with Crippen molar-refractivity contribution in [1.82, 2.24) is 5.32 Å². The predicted molar refractivity (Wildman–Crippen MR) is 61.0 cm³/mol. The van der Waals surface area contributed by atoms with E-state index >= 15 is 0 Å². The van der Waals surface area contributed by atoms with Crippen molar-refractivity contribution in [3.63, 3.8) is 0 Å². The lowest BCUT2D eigenvalue weighted by molar-refractivity contribution is 0.739. The van der Waals surface area contributed by atoms with E-state index in [0.29, 0.717) is 5.56 Å². The van der Waals surface area contributed by atoms with Gasteiger partial charge in [-0.05, 0) is 36.7 Å². The minimum atomic E-state index is 0.665. The molecule has 0 radical (unpaired) electrons. The van der Waals surface area contributed by atoms with Gasteiger partial charge < -0.3 is 11.1 Å². The summed E-state index contributed by atoms with van der Waals surface area (Å²) >= 11 is 0. The molecule has 1 aliphatic heterocycles. The first-order valence-corrected chi connectivity index (χ1v) is 5.01. The van der Waals surface area contributed by atoms with Gasteiger partial charge in [-0.15, -0.1) is 0 Å². The average molecular weight is 199 g/mol. The van der Waals surface area contributed by atoms with E-state index in [9.17, 15) is 0 Å². The smallest absolute Gasteiger partial charge is 0.0991 e. The number of nitrogens with one attached hydrogen (secondary N) is 1. The second kappa shape index (κ2) is 4.16. The second-order valence-corrected chi connectivity index (χ2v) is 3.60. The summed E-state index contributed by atoms with van der Waals surface area (Å²) in [6.45, 7) is 1.85. The van der Waals surface area contributed by atoms with Crippen LogP contribution in [0.4, 0.5) is 5.69 Å². The fraction of sp³-hybridized carbons (Fsp3) is 0.250. The van der Waals surface area contributed by atoms with E-state index in [0.717, 1.165) is 30.8 Å². The molecule has 15 heavy (non-hydrogen) atoms. The molecule has 3 nitrogen and oxygen atoms in total. The third kappa shape index (κ3) is 2.00. The zero-order valence-corrected chi connectivity index (χ0v) is 8.46. The molecular formula is C12H13N3. The average Bonchev–Trinajstić information content (AvgIpc) is 2.31. The molecule has 3 N–H and O–H groups in total. The predicted octanol–water partition coefficient (Wildman–Crippen LogP) is 1.52. The molecule has 76 valence electrons. The first kappa shape index (κ1) is 9.75. The van der Waals surface area contributed by atoms with E-state index in [1.54, 1.807) is 12.1 Å². The number of nitrogen functional groups attached to an aromatic ring is 1. The number of anilines is 1. The van der Waals surface area contributed by atoms with Crippen molar-refractivity contribution >= 4 is 11.3 Å². The Morgan fingerprint density at radius 3 is 2.93 bits per heavy atom. The third-order valence-electron chi connectivity index (χ3n) is 2.59. The zero-order chi connectivity index (χ0) is 10.7. The van der Waals surface area contributed by atoms with Gasteiger partial charge in [0.2, 0.25) is 0 Å². The lowest BCUT2D eigenvalue weighted by atomic mass is 9.97. The van der Waals surface area contributed by atoms with Crippen molar-refractivity contribution < 1.29 is 0 Å². The topological polar surface area (TPSA) is 61.8 Å². The molecule has 0 saturated carbocycles. The highest BCUT2D eigenvalue weighted by Gasteiger charge is 2.09. The Labute approximate surface area is 89.2 Å². The standard InChI is InChI=1S/C12H13N3/c13-8-9-1-2-12(14)11(7-9)10-3-5-15-6-4-10/h1-3,7,15H,4-6,14H2. The van der Waals surface area contributed by atoms with Gasteiger partial charge in [0.1, 0.15) is 0 Å². The second-order valence-electron chi connectivity index (χ2n) is 3.60. The van der Waals surface area contributed by atoms with Gasteiger partial charge in [-0.3, -0.25) is 0 Å². The van der Waals surface area contributed by atoms with Crippen molar-refractivity contribution in [2.45, 2.75) is 6.42 Å². The summed E-state index contributed by atoms with van der Waals surface area (Å²) in [5, 5.41) is 12.1. The maximum Gasteiger partial charge on any atom is 0.0991 e. The summed E-state index contributed by atoms with van der Waals surface area (Å²) in [4.78, 5) is 0. The zero-order valence-electron chi connectivity index (χ0n) is 8.46. The molecule has 0 atom stereocenters. The van der Waals surface area contributed by atoms with Gasteiger partial charge in [0, 0.05) is 17.8 Å². The number of hydrogen-bond acceptors (Lipinski definition) is 3. The Morgan fingerprint density at radius 1 is 1.40 bits per heavy atom. The molecule has 0 fully saturated rings. The van der Waals surface area contributed by atoms with Crippen LogP contribution in [0.5, 0.6) is 0 Å². The summed E-state index contributed by atoms with van der Waals surface area (Å²) < 4.78 is 0. The Morgan fingerprint density at radius 2 is 2.27 bits per heavy atom. The molecule has 1 heterocycles. The first-order chi connectivity index (χ1) is 7.31. The van der Waals surface area contributed by atoms with Gasteiger partial charge >= 0.3 is 0 Å². The maximum absolute atomic E-state index is 8.83. The normalized spacial score (nSPS) is 15.5. The summed E-state index contributed by atoms with van der Waals surface area (Å²) in [6.07, 6.45) is 3.11. The van der Waals surface area contributed by atoms with Gasteiger partial charge in [0.25, 0.3) is 0 Å². The number of hydrogen-bond donors (Lipinski definition) is 2. The summed E-state index contributed by atoms with van der Waals surface area (Å²) in [7, 11) is 0. The number of nitrogens with two attached hydrogens (primary N) is 1. The first-order valence-electron chi connectivity index (χ1n) is 5.01. The van der Waals surface area contributed by atoms with Gasteiger partial charge in [-0.25, -0.2) is 0 Å². The van der Waals surface area contributed by atoms with Gasteiger partial charge in [-0.1, -0.05) is 6.08 Å². The van der Waals surface area contributed by atoms with Crippen molar-refractivity contribution in [1.29, 1.82) is 5.26 Å². The fourth-order valence-corrected chi connectivity index (χ4v) is 1.77. The summed E-state index contributed by atoms with van der Waals surface area (Å²) in [5.74, 6) is 0. The van der Waals surface area contributed by atoms with Crippen molar-refractivity contribution in [2.24, 2.45) is 0 Å². The third-order valence-corrected chi connectivity index (χ3v) is 2.59. The molecule has 1 aromatic carbocycles. The number of benzene rings is 1. The van der Waals surface area contributed by atoms with Gasteiger partial charge in [0.05, 0.1) is 11.6 Å². The Kier molecular flexibility index (Phi) is 2.70. The lowest BCUT2D eigenvalue weighted by Crippen LogP contribution is -2.20. The van der Waals surface area contributed by atoms with E-state index < -0.39 is 0 Å². The largest absolute Gasteiger partial charge is 0.398 e. The highest BCUT2D eigenvalue weighted by atomic mass is 14.8. The molecule has 1 aromatic rings. The minimum Gasteiger partial charge on any atom is -0.398 e. The van der Waals surface area contributed by atoms with Crippen LogP contribution in [0.15, 0.2) is 24.3 Å². The Balaban J connectivity index is 2.42. The SMILES string of the molecule is N#Cc1ccc(N)c(C2=CCNCC2)c1. The van der Waals surface area contributed by atoms with E-state index in [1.165, 1.54) is 5.57 Å². The maximum atomic E-state index is 8.83. The number of nitrogens with zero attached hydrogens (tertiary/aromatic N) is 1. The lowest BCUT2D eigenvalue weighted by Gasteiger charge is -2.15. The van der Waals surface area contributed by atoms with Crippen LogP contribution in [0.25, 0.3) is 5.57 Å². The summed E-state index contributed by atoms with van der Waals surface area (Å²) in [6, 6.07) is 7.56.